The quantitative estimate of drug-likeness (QED) is 0.154. The number of nitrogens with zero attached hydrogens (tertiary/aromatic N) is 5. The number of aliphatic hydroxyl groups is 1. The van der Waals surface area contributed by atoms with Crippen molar-refractivity contribution in [2.45, 2.75) is 180 Å². The predicted molar refractivity (Wildman–Crippen MR) is 228 cm³/mol. The zero-order chi connectivity index (χ0) is 46.1. The molecule has 16 heteroatoms. The van der Waals surface area contributed by atoms with Gasteiger partial charge in [-0.25, -0.2) is 19.0 Å². The number of amides is 1. The molecule has 3 fully saturated rings. The molecule has 1 amide bonds. The largest absolute Gasteiger partial charge is 0.455 e. The Morgan fingerprint density at radius 1 is 1.05 bits per heavy atom. The number of esters is 1. The number of methoxy groups -OCH3 is 1. The van der Waals surface area contributed by atoms with Crippen molar-refractivity contribution < 1.29 is 52.4 Å². The number of imidazole rings is 1. The third-order valence-corrected chi connectivity index (χ3v) is 13.7. The molecule has 3 aliphatic rings. The number of alkyl halides is 1. The number of ketones is 2. The molecule has 3 aliphatic heterocycles. The van der Waals surface area contributed by atoms with Gasteiger partial charge in [0.05, 0.1) is 35.9 Å². The van der Waals surface area contributed by atoms with E-state index in [1.165, 1.54) is 18.9 Å². The molecule has 0 saturated carbocycles. The number of carbonyl (C=O) groups excluding carboxylic acids is 4. The summed E-state index contributed by atoms with van der Waals surface area (Å²) >= 11 is 0. The third-order valence-electron chi connectivity index (χ3n) is 13.7. The number of halogens is 1. The van der Waals surface area contributed by atoms with Gasteiger partial charge in [0.25, 0.3) is 5.67 Å². The van der Waals surface area contributed by atoms with Gasteiger partial charge in [0.1, 0.15) is 18.0 Å². The number of aromatic nitrogens is 3. The van der Waals surface area contributed by atoms with Crippen LogP contribution in [0.25, 0.3) is 11.3 Å². The number of cyclic esters (lactones) is 1. The minimum Gasteiger partial charge on any atom is -0.455 e. The van der Waals surface area contributed by atoms with Crippen molar-refractivity contribution in [1.82, 2.24) is 24.3 Å². The van der Waals surface area contributed by atoms with Crippen molar-refractivity contribution >= 4 is 23.6 Å². The van der Waals surface area contributed by atoms with Crippen molar-refractivity contribution in [3.05, 3.63) is 37.1 Å². The minimum absolute atomic E-state index is 0.00647. The molecule has 0 aliphatic carbocycles. The van der Waals surface area contributed by atoms with E-state index in [0.717, 1.165) is 18.2 Å². The van der Waals surface area contributed by atoms with Gasteiger partial charge in [-0.2, -0.15) is 0 Å². The number of aliphatic hydroxyl groups excluding tert-OH is 1. The Kier molecular flexibility index (Phi) is 15.2. The first-order valence-electron chi connectivity index (χ1n) is 22.1. The van der Waals surface area contributed by atoms with E-state index in [1.807, 2.05) is 62.5 Å². The topological polar surface area (TPSA) is 172 Å². The molecule has 0 radical (unpaired) electrons. The molecule has 5 rings (SSSR count). The zero-order valence-electron chi connectivity index (χ0n) is 38.9. The van der Waals surface area contributed by atoms with Crippen LogP contribution in [0.5, 0.6) is 0 Å². The number of carbonyl (C=O) groups is 4. The summed E-state index contributed by atoms with van der Waals surface area (Å²) in [4.78, 5) is 69.3. The maximum atomic E-state index is 17.0. The molecule has 3 saturated heterocycles. The summed E-state index contributed by atoms with van der Waals surface area (Å²) in [7, 11) is 3.32. The first-order valence-corrected chi connectivity index (χ1v) is 22.1. The first-order chi connectivity index (χ1) is 28.9. The third kappa shape index (κ3) is 9.94. The molecule has 62 heavy (non-hydrogen) atoms. The summed E-state index contributed by atoms with van der Waals surface area (Å²) < 4.78 is 49.9. The van der Waals surface area contributed by atoms with Gasteiger partial charge >= 0.3 is 12.1 Å². The normalized spacial score (nSPS) is 36.6. The van der Waals surface area contributed by atoms with Gasteiger partial charge in [-0.1, -0.05) is 27.7 Å². The maximum Gasteiger partial charge on any atom is 0.410 e. The molecule has 15 nitrogen and oxygen atoms in total. The summed E-state index contributed by atoms with van der Waals surface area (Å²) in [5, 5.41) is 11.8. The minimum atomic E-state index is -3.19. The van der Waals surface area contributed by atoms with Crippen LogP contribution in [-0.4, -0.2) is 139 Å². The lowest BCUT2D eigenvalue weighted by Crippen LogP contribution is -2.63. The van der Waals surface area contributed by atoms with E-state index in [2.05, 4.69) is 9.97 Å². The van der Waals surface area contributed by atoms with Gasteiger partial charge in [-0.15, -0.1) is 0 Å². The van der Waals surface area contributed by atoms with Crippen molar-refractivity contribution in [3.63, 3.8) is 0 Å². The van der Waals surface area contributed by atoms with Crippen LogP contribution in [0.4, 0.5) is 9.18 Å². The van der Waals surface area contributed by atoms with Crippen molar-refractivity contribution in [2.75, 3.05) is 20.7 Å². The fourth-order valence-corrected chi connectivity index (χ4v) is 9.80. The van der Waals surface area contributed by atoms with Crippen LogP contribution < -0.4 is 0 Å². The highest BCUT2D eigenvalue weighted by Gasteiger charge is 2.62. The van der Waals surface area contributed by atoms with Gasteiger partial charge in [0.2, 0.25) is 0 Å². The lowest BCUT2D eigenvalue weighted by Gasteiger charge is -2.49. The van der Waals surface area contributed by atoms with Gasteiger partial charge in [0, 0.05) is 73.7 Å². The number of ether oxygens (including phenoxy) is 5. The smallest absolute Gasteiger partial charge is 0.410 e. The van der Waals surface area contributed by atoms with Crippen LogP contribution in [0.2, 0.25) is 0 Å². The number of fused-ring (bicyclic) bond motifs is 1. The fourth-order valence-electron chi connectivity index (χ4n) is 9.80. The van der Waals surface area contributed by atoms with Crippen molar-refractivity contribution in [2.24, 2.45) is 17.8 Å². The average Bonchev–Trinajstić information content (AvgIpc) is 3.80. The molecule has 0 spiro atoms. The Hall–Kier alpha value is -3.83. The number of rotatable bonds is 11. The maximum absolute atomic E-state index is 17.0. The van der Waals surface area contributed by atoms with Gasteiger partial charge < -0.3 is 38.3 Å². The Bertz CT molecular complexity index is 1890. The number of pyridine rings is 1. The van der Waals surface area contributed by atoms with E-state index in [0.29, 0.717) is 25.8 Å². The second kappa shape index (κ2) is 19.1. The summed E-state index contributed by atoms with van der Waals surface area (Å²) in [6.07, 6.45) is 2.80. The zero-order valence-corrected chi connectivity index (χ0v) is 38.9. The monoisotopic (exact) mass is 872 g/mol. The van der Waals surface area contributed by atoms with E-state index in [9.17, 15) is 24.3 Å². The van der Waals surface area contributed by atoms with E-state index in [1.54, 1.807) is 53.3 Å². The number of hydrogen-bond donors (Lipinski definition) is 1. The number of aryl methyl sites for hydroxylation is 1. The fraction of sp³-hybridized carbons (Fsp3) is 0.739. The SMILES string of the molecule is CC[C@H]1OC(=O)[C@@](C)(F)C(=O)[C@H](C)[C@@H](O[C@@H]2O[C@H](C)C[C@H](N(C)C(C)(C)C)[C@H]2O)[C@](C)(OC)C[C@@H](C)C(=O)[C@H](C)[C@H]2N(CCCCn3cnc(-c4cccnc4)c3)C(=O)O[C@]12C. The molecule has 2 aromatic heterocycles. The highest BCUT2D eigenvalue weighted by Crippen LogP contribution is 2.44. The molecular weight excluding hydrogens is 802 g/mol. The van der Waals surface area contributed by atoms with Crippen LogP contribution >= 0.6 is 0 Å². The van der Waals surface area contributed by atoms with Crippen LogP contribution in [0.3, 0.4) is 0 Å². The highest BCUT2D eigenvalue weighted by atomic mass is 19.1. The van der Waals surface area contributed by atoms with Crippen LogP contribution in [-0.2, 0) is 44.6 Å². The van der Waals surface area contributed by atoms with Crippen LogP contribution in [0.15, 0.2) is 37.1 Å². The molecule has 1 N–H and O–H groups in total. The second-order valence-corrected chi connectivity index (χ2v) is 19.4. The number of likely N-dealkylation sites (N-methyl/N-ethyl adjacent to an activating group) is 1. The van der Waals surface area contributed by atoms with E-state index < -0.39 is 89.2 Å². The van der Waals surface area contributed by atoms with E-state index in [4.69, 9.17) is 23.7 Å². The summed E-state index contributed by atoms with van der Waals surface area (Å²) in [6.45, 7) is 19.5. The van der Waals surface area contributed by atoms with Crippen molar-refractivity contribution in [1.29, 1.82) is 0 Å². The molecule has 13 atom stereocenters. The molecular formula is C46H70FN5O10. The lowest BCUT2D eigenvalue weighted by atomic mass is 9.73. The van der Waals surface area contributed by atoms with Gasteiger partial charge in [-0.3, -0.25) is 19.5 Å². The van der Waals surface area contributed by atoms with Crippen molar-refractivity contribution in [3.8, 4) is 11.3 Å². The Labute approximate surface area is 366 Å². The van der Waals surface area contributed by atoms with E-state index in [-0.39, 0.29) is 36.8 Å². The molecule has 5 heterocycles. The Morgan fingerprint density at radius 3 is 2.34 bits per heavy atom. The summed E-state index contributed by atoms with van der Waals surface area (Å²) in [5.74, 6) is -5.81. The van der Waals surface area contributed by atoms with Crippen LogP contribution in [0, 0.1) is 17.8 Å². The molecule has 0 bridgehead atoms. The standard InChI is InChI=1S/C46H70FN5O10/c1-14-34-46(11)37(52(42(57)62-46)21-16-15-20-51-25-32(49-26-51)31-18-17-19-48-24-31)29(4)35(53)27(2)23-44(9,58-13)39(30(5)38(55)45(10,47)41(56)60-34)61-40-36(54)33(22-28(3)59-40)50(12)43(6,7)8/h17-19,24-30,33-34,36-37,39-40,54H,14-16,20-23H2,1-13H3/t27-,28-,29+,30+,33+,34-,36-,37-,39-,40+,44-,45+,46-/m1/s1. The second-order valence-electron chi connectivity index (χ2n) is 19.4. The lowest BCUT2D eigenvalue weighted by molar-refractivity contribution is -0.298. The van der Waals surface area contributed by atoms with Gasteiger partial charge in [0.15, 0.2) is 17.7 Å². The summed E-state index contributed by atoms with van der Waals surface area (Å²) in [6, 6.07) is 2.44. The van der Waals surface area contributed by atoms with E-state index >= 15 is 4.39 Å². The molecule has 0 unspecified atom stereocenters. The number of hydrogen-bond acceptors (Lipinski definition) is 13. The molecule has 2 aromatic rings. The summed E-state index contributed by atoms with van der Waals surface area (Å²) in [5.41, 5.74) is -4.89. The molecule has 346 valence electrons. The molecule has 0 aromatic carbocycles. The Balaban J connectivity index is 1.46. The first kappa shape index (κ1) is 49.2. The highest BCUT2D eigenvalue weighted by molar-refractivity contribution is 6.08. The predicted octanol–water partition coefficient (Wildman–Crippen LogP) is 6.19. The Morgan fingerprint density at radius 2 is 1.73 bits per heavy atom. The number of Topliss-reactive ketones (excluding diaryl/α,β-unsaturated/α-hetero) is 2. The van der Waals surface area contributed by atoms with Crippen LogP contribution in [0.1, 0.15) is 108 Å². The van der Waals surface area contributed by atoms with Gasteiger partial charge in [-0.05, 0) is 99.8 Å². The number of unbranched alkanes of at least 4 members (excludes halogenated alkanes) is 1. The average molecular weight is 872 g/mol.